The third-order valence-corrected chi connectivity index (χ3v) is 3.93. The SMILES string of the molecule is CC(=O)[C@](C)(Cc1ccc(CP(=O)(O)O)c(O)c1)NN. The lowest BCUT2D eigenvalue weighted by Gasteiger charge is -2.26. The Hall–Kier alpha value is -1.24. The zero-order valence-electron chi connectivity index (χ0n) is 11.3. The topological polar surface area (TPSA) is 133 Å². The van der Waals surface area contributed by atoms with Gasteiger partial charge in [-0.3, -0.25) is 15.2 Å². The van der Waals surface area contributed by atoms with Gasteiger partial charge in [0.05, 0.1) is 11.7 Å². The van der Waals surface area contributed by atoms with Crippen molar-refractivity contribution in [2.24, 2.45) is 5.84 Å². The molecule has 0 aliphatic heterocycles. The highest BCUT2D eigenvalue weighted by Crippen LogP contribution is 2.41. The van der Waals surface area contributed by atoms with Gasteiger partial charge >= 0.3 is 7.60 Å². The van der Waals surface area contributed by atoms with Gasteiger partial charge in [-0.15, -0.1) is 0 Å². The molecule has 0 aliphatic carbocycles. The Balaban J connectivity index is 2.98. The predicted octanol–water partition coefficient (Wildman–Crippen LogP) is 0.423. The molecule has 0 saturated carbocycles. The first-order chi connectivity index (χ1) is 9.07. The van der Waals surface area contributed by atoms with Crippen molar-refractivity contribution in [3.8, 4) is 5.75 Å². The van der Waals surface area contributed by atoms with Crippen LogP contribution in [-0.2, 0) is 21.9 Å². The molecule has 1 aromatic carbocycles. The smallest absolute Gasteiger partial charge is 0.330 e. The molecule has 0 fully saturated rings. The van der Waals surface area contributed by atoms with Crippen LogP contribution in [-0.4, -0.2) is 26.2 Å². The monoisotopic (exact) mass is 302 g/mol. The molecule has 1 aromatic rings. The quantitative estimate of drug-likeness (QED) is 0.292. The van der Waals surface area contributed by atoms with Crippen molar-refractivity contribution < 1.29 is 24.3 Å². The summed E-state index contributed by atoms with van der Waals surface area (Å²) >= 11 is 0. The summed E-state index contributed by atoms with van der Waals surface area (Å²) < 4.78 is 10.9. The van der Waals surface area contributed by atoms with Gasteiger partial charge in [0.2, 0.25) is 0 Å². The van der Waals surface area contributed by atoms with E-state index in [0.29, 0.717) is 5.56 Å². The van der Waals surface area contributed by atoms with Crippen LogP contribution in [0.25, 0.3) is 0 Å². The fraction of sp³-hybridized carbons (Fsp3) is 0.417. The minimum absolute atomic E-state index is 0.154. The molecule has 0 heterocycles. The third kappa shape index (κ3) is 4.40. The lowest BCUT2D eigenvalue weighted by molar-refractivity contribution is -0.122. The van der Waals surface area contributed by atoms with Crippen molar-refractivity contribution in [1.82, 2.24) is 5.43 Å². The van der Waals surface area contributed by atoms with E-state index in [-0.39, 0.29) is 23.5 Å². The van der Waals surface area contributed by atoms with Crippen LogP contribution in [0.15, 0.2) is 18.2 Å². The van der Waals surface area contributed by atoms with E-state index in [2.05, 4.69) is 5.43 Å². The lowest BCUT2D eigenvalue weighted by Crippen LogP contribution is -2.53. The molecule has 112 valence electrons. The largest absolute Gasteiger partial charge is 0.508 e. The minimum atomic E-state index is -4.24. The molecule has 0 amide bonds. The van der Waals surface area contributed by atoms with E-state index in [1.807, 2.05) is 0 Å². The van der Waals surface area contributed by atoms with E-state index >= 15 is 0 Å². The molecule has 0 radical (unpaired) electrons. The van der Waals surface area contributed by atoms with Crippen LogP contribution >= 0.6 is 7.60 Å². The fourth-order valence-corrected chi connectivity index (χ4v) is 2.47. The van der Waals surface area contributed by atoms with Crippen molar-refractivity contribution in [2.75, 3.05) is 0 Å². The molecule has 0 unspecified atom stereocenters. The molecule has 0 aromatic heterocycles. The number of hydrogen-bond donors (Lipinski definition) is 5. The molecular formula is C12H19N2O5P. The van der Waals surface area contributed by atoms with Gasteiger partial charge in [-0.05, 0) is 31.9 Å². The highest BCUT2D eigenvalue weighted by Gasteiger charge is 2.29. The number of nitrogens with one attached hydrogen (secondary N) is 1. The van der Waals surface area contributed by atoms with E-state index in [1.165, 1.54) is 19.1 Å². The first-order valence-corrected chi connectivity index (χ1v) is 7.71. The van der Waals surface area contributed by atoms with Crippen LogP contribution in [0.5, 0.6) is 5.75 Å². The highest BCUT2D eigenvalue weighted by molar-refractivity contribution is 7.50. The van der Waals surface area contributed by atoms with Gasteiger partial charge in [-0.25, -0.2) is 5.43 Å². The summed E-state index contributed by atoms with van der Waals surface area (Å²) in [5.74, 6) is 5.00. The number of benzene rings is 1. The summed E-state index contributed by atoms with van der Waals surface area (Å²) in [6.07, 6.45) is -0.277. The van der Waals surface area contributed by atoms with Crippen molar-refractivity contribution in [1.29, 1.82) is 0 Å². The zero-order valence-corrected chi connectivity index (χ0v) is 12.2. The van der Waals surface area contributed by atoms with Crippen LogP contribution in [0.2, 0.25) is 0 Å². The molecule has 8 heteroatoms. The van der Waals surface area contributed by atoms with Gasteiger partial charge in [0.1, 0.15) is 5.75 Å². The summed E-state index contributed by atoms with van der Waals surface area (Å²) in [4.78, 5) is 29.3. The van der Waals surface area contributed by atoms with Crippen LogP contribution in [0, 0.1) is 0 Å². The number of Topliss-reactive ketones (excluding diaryl/α,β-unsaturated/α-hetero) is 1. The van der Waals surface area contributed by atoms with Crippen molar-refractivity contribution >= 4 is 13.4 Å². The number of ketones is 1. The Bertz CT molecular complexity index is 557. The van der Waals surface area contributed by atoms with E-state index in [0.717, 1.165) is 0 Å². The van der Waals surface area contributed by atoms with E-state index in [4.69, 9.17) is 15.6 Å². The first kappa shape index (κ1) is 16.8. The van der Waals surface area contributed by atoms with Crippen LogP contribution in [0.4, 0.5) is 0 Å². The zero-order chi connectivity index (χ0) is 15.6. The Morgan fingerprint density at radius 3 is 2.45 bits per heavy atom. The Kier molecular flexibility index (Phi) is 5.07. The lowest BCUT2D eigenvalue weighted by atomic mass is 9.89. The van der Waals surface area contributed by atoms with Crippen LogP contribution < -0.4 is 11.3 Å². The number of hydrogen-bond acceptors (Lipinski definition) is 5. The second-order valence-electron chi connectivity index (χ2n) is 5.00. The number of nitrogens with two attached hydrogens (primary N) is 1. The summed E-state index contributed by atoms with van der Waals surface area (Å²) in [6, 6.07) is 4.41. The molecule has 1 atom stereocenters. The number of rotatable bonds is 6. The Labute approximate surface area is 116 Å². The normalized spacial score (nSPS) is 14.8. The standard InChI is InChI=1S/C12H19N2O5P/c1-8(15)12(2,14-13)6-9-3-4-10(11(16)5-9)7-20(17,18)19/h3-5,14,16H,6-7,13H2,1-2H3,(H2,17,18,19)/t12-/m0/s1. The Morgan fingerprint density at radius 1 is 1.45 bits per heavy atom. The molecule has 6 N–H and O–H groups in total. The second kappa shape index (κ2) is 6.03. The van der Waals surface area contributed by atoms with Crippen LogP contribution in [0.1, 0.15) is 25.0 Å². The average Bonchev–Trinajstić information content (AvgIpc) is 2.31. The number of hydrazine groups is 1. The molecule has 1 rings (SSSR count). The maximum atomic E-state index is 11.5. The molecule has 0 spiro atoms. The van der Waals surface area contributed by atoms with Gasteiger partial charge in [0.25, 0.3) is 0 Å². The number of carbonyl (C=O) groups excluding carboxylic acids is 1. The summed E-state index contributed by atoms with van der Waals surface area (Å²) in [5, 5.41) is 9.78. The van der Waals surface area contributed by atoms with E-state index in [9.17, 15) is 14.5 Å². The van der Waals surface area contributed by atoms with Gasteiger partial charge in [-0.1, -0.05) is 12.1 Å². The number of carbonyl (C=O) groups is 1. The molecule has 0 saturated heterocycles. The summed E-state index contributed by atoms with van der Waals surface area (Å²) in [5.41, 5.74) is 2.27. The molecule has 7 nitrogen and oxygen atoms in total. The Morgan fingerprint density at radius 2 is 2.05 bits per heavy atom. The molecule has 0 bridgehead atoms. The van der Waals surface area contributed by atoms with Crippen molar-refractivity contribution in [3.05, 3.63) is 29.3 Å². The second-order valence-corrected chi connectivity index (χ2v) is 6.64. The van der Waals surface area contributed by atoms with Gasteiger partial charge in [0.15, 0.2) is 5.78 Å². The van der Waals surface area contributed by atoms with Gasteiger partial charge in [-0.2, -0.15) is 0 Å². The maximum absolute atomic E-state index is 11.5. The minimum Gasteiger partial charge on any atom is -0.508 e. The summed E-state index contributed by atoms with van der Waals surface area (Å²) in [7, 11) is -4.24. The molecule has 20 heavy (non-hydrogen) atoms. The van der Waals surface area contributed by atoms with Gasteiger partial charge < -0.3 is 14.9 Å². The predicted molar refractivity (Wildman–Crippen MR) is 74.0 cm³/mol. The van der Waals surface area contributed by atoms with Crippen LogP contribution in [0.3, 0.4) is 0 Å². The van der Waals surface area contributed by atoms with E-state index < -0.39 is 19.3 Å². The maximum Gasteiger partial charge on any atom is 0.330 e. The number of phenolic OH excluding ortho intramolecular Hbond substituents is 1. The number of aromatic hydroxyl groups is 1. The average molecular weight is 302 g/mol. The highest BCUT2D eigenvalue weighted by atomic mass is 31.2. The van der Waals surface area contributed by atoms with Crippen molar-refractivity contribution in [3.63, 3.8) is 0 Å². The third-order valence-electron chi connectivity index (χ3n) is 3.18. The summed E-state index contributed by atoms with van der Waals surface area (Å²) in [6.45, 7) is 3.04. The van der Waals surface area contributed by atoms with Gasteiger partial charge in [0, 0.05) is 5.56 Å². The fourth-order valence-electron chi connectivity index (χ4n) is 1.76. The molecule has 0 aliphatic rings. The van der Waals surface area contributed by atoms with Crippen molar-refractivity contribution in [2.45, 2.75) is 32.0 Å². The van der Waals surface area contributed by atoms with E-state index in [1.54, 1.807) is 13.0 Å². The number of phenols is 1. The molecular weight excluding hydrogens is 283 g/mol. The first-order valence-electron chi connectivity index (χ1n) is 5.91.